The highest BCUT2D eigenvalue weighted by molar-refractivity contribution is 7.17. The number of hydrogen-bond donors (Lipinski definition) is 2. The Balaban J connectivity index is 1.46. The van der Waals surface area contributed by atoms with Gasteiger partial charge in [0.2, 0.25) is 5.13 Å². The summed E-state index contributed by atoms with van der Waals surface area (Å²) in [6, 6.07) is 8.76. The quantitative estimate of drug-likeness (QED) is 0.533. The van der Waals surface area contributed by atoms with E-state index in [4.69, 9.17) is 26.8 Å². The molecule has 1 aliphatic rings. The SMILES string of the molecule is NC(=O)c1cc(N2CCOCC2)c(C(=O)Nc2nnc(OCc3ccc(Cl)cc3)s2)cn1. The minimum absolute atomic E-state index is 0.0804. The van der Waals surface area contributed by atoms with Crippen molar-refractivity contribution in [2.75, 3.05) is 36.5 Å². The van der Waals surface area contributed by atoms with Crippen LogP contribution in [0.4, 0.5) is 10.8 Å². The molecular formula is C20H19ClN6O4S. The number of aromatic nitrogens is 3. The van der Waals surface area contributed by atoms with Crippen LogP contribution in [-0.4, -0.2) is 53.3 Å². The van der Waals surface area contributed by atoms with Crippen molar-refractivity contribution >= 4 is 45.6 Å². The Morgan fingerprint density at radius 2 is 1.97 bits per heavy atom. The molecule has 3 aromatic rings. The number of hydrogen-bond acceptors (Lipinski definition) is 9. The molecule has 1 fully saturated rings. The first-order chi connectivity index (χ1) is 15.5. The summed E-state index contributed by atoms with van der Waals surface area (Å²) in [5.41, 5.74) is 7.20. The number of pyridine rings is 1. The van der Waals surface area contributed by atoms with Gasteiger partial charge in [0.05, 0.1) is 24.5 Å². The fourth-order valence-electron chi connectivity index (χ4n) is 3.03. The van der Waals surface area contributed by atoms with Gasteiger partial charge in [0.25, 0.3) is 17.0 Å². The van der Waals surface area contributed by atoms with Gasteiger partial charge in [-0.15, -0.1) is 5.10 Å². The summed E-state index contributed by atoms with van der Waals surface area (Å²) in [4.78, 5) is 30.5. The van der Waals surface area contributed by atoms with Gasteiger partial charge in [0, 0.05) is 24.3 Å². The number of nitrogens with one attached hydrogen (secondary N) is 1. The molecule has 1 saturated heterocycles. The fourth-order valence-corrected chi connectivity index (χ4v) is 3.75. The summed E-state index contributed by atoms with van der Waals surface area (Å²) in [5, 5.41) is 11.8. The molecule has 32 heavy (non-hydrogen) atoms. The second-order valence-electron chi connectivity index (χ2n) is 6.79. The van der Waals surface area contributed by atoms with E-state index in [-0.39, 0.29) is 16.4 Å². The number of amides is 2. The molecule has 3 N–H and O–H groups in total. The summed E-state index contributed by atoms with van der Waals surface area (Å²) in [6.07, 6.45) is 1.33. The van der Waals surface area contributed by atoms with E-state index in [1.54, 1.807) is 12.1 Å². The predicted molar refractivity (Wildman–Crippen MR) is 119 cm³/mol. The Morgan fingerprint density at radius 1 is 1.22 bits per heavy atom. The molecule has 0 unspecified atom stereocenters. The van der Waals surface area contributed by atoms with Crippen molar-refractivity contribution in [3.8, 4) is 5.19 Å². The van der Waals surface area contributed by atoms with Crippen LogP contribution in [0.5, 0.6) is 5.19 Å². The molecule has 4 rings (SSSR count). The number of carbonyl (C=O) groups excluding carboxylic acids is 2. The number of rotatable bonds is 7. The van der Waals surface area contributed by atoms with Crippen molar-refractivity contribution in [1.29, 1.82) is 0 Å². The second kappa shape index (κ2) is 9.90. The van der Waals surface area contributed by atoms with Crippen LogP contribution in [0.2, 0.25) is 5.02 Å². The lowest BCUT2D eigenvalue weighted by Gasteiger charge is -2.30. The molecule has 0 radical (unpaired) electrons. The van der Waals surface area contributed by atoms with E-state index < -0.39 is 11.8 Å². The van der Waals surface area contributed by atoms with Crippen molar-refractivity contribution in [2.45, 2.75) is 6.61 Å². The summed E-state index contributed by atoms with van der Waals surface area (Å²) >= 11 is 6.98. The molecule has 10 nitrogen and oxygen atoms in total. The van der Waals surface area contributed by atoms with Gasteiger partial charge in [-0.1, -0.05) is 28.8 Å². The highest BCUT2D eigenvalue weighted by Gasteiger charge is 2.22. The lowest BCUT2D eigenvalue weighted by Crippen LogP contribution is -2.37. The molecule has 0 saturated carbocycles. The van der Waals surface area contributed by atoms with E-state index in [2.05, 4.69) is 20.5 Å². The van der Waals surface area contributed by atoms with Gasteiger partial charge in [-0.05, 0) is 35.1 Å². The Morgan fingerprint density at radius 3 is 2.69 bits per heavy atom. The zero-order chi connectivity index (χ0) is 22.5. The summed E-state index contributed by atoms with van der Waals surface area (Å²) in [7, 11) is 0. The topological polar surface area (TPSA) is 133 Å². The molecule has 166 valence electrons. The largest absolute Gasteiger partial charge is 0.464 e. The molecule has 1 aliphatic heterocycles. The minimum Gasteiger partial charge on any atom is -0.464 e. The van der Waals surface area contributed by atoms with E-state index in [0.717, 1.165) is 16.9 Å². The summed E-state index contributed by atoms with van der Waals surface area (Å²) in [5.74, 6) is -1.10. The average Bonchev–Trinajstić information content (AvgIpc) is 3.26. The molecule has 0 spiro atoms. The highest BCUT2D eigenvalue weighted by atomic mass is 35.5. The maximum atomic E-state index is 12.9. The van der Waals surface area contributed by atoms with Gasteiger partial charge in [-0.25, -0.2) is 0 Å². The molecule has 12 heteroatoms. The molecule has 1 aromatic carbocycles. The number of halogens is 1. The standard InChI is InChI=1S/C20H19ClN6O4S/c21-13-3-1-12(2-4-13)11-31-20-26-25-19(32-20)24-18(29)14-10-23-15(17(22)28)9-16(14)27-5-7-30-8-6-27/h1-4,9-10H,5-8,11H2,(H2,22,28)(H,24,25,29). The first kappa shape index (κ1) is 21.9. The van der Waals surface area contributed by atoms with Crippen LogP contribution < -0.4 is 20.7 Å². The predicted octanol–water partition coefficient (Wildman–Crippen LogP) is 2.35. The highest BCUT2D eigenvalue weighted by Crippen LogP contribution is 2.27. The number of carbonyl (C=O) groups is 2. The Labute approximate surface area is 192 Å². The van der Waals surface area contributed by atoms with Crippen molar-refractivity contribution in [1.82, 2.24) is 15.2 Å². The van der Waals surface area contributed by atoms with Gasteiger partial charge in [-0.2, -0.15) is 0 Å². The van der Waals surface area contributed by atoms with Crippen LogP contribution in [0.25, 0.3) is 0 Å². The normalized spacial score (nSPS) is 13.6. The van der Waals surface area contributed by atoms with E-state index in [1.807, 2.05) is 17.0 Å². The molecule has 3 heterocycles. The third kappa shape index (κ3) is 5.31. The number of benzene rings is 1. The number of nitrogens with two attached hydrogens (primary N) is 1. The van der Waals surface area contributed by atoms with Gasteiger partial charge in [-0.3, -0.25) is 19.9 Å². The zero-order valence-electron chi connectivity index (χ0n) is 16.8. The lowest BCUT2D eigenvalue weighted by atomic mass is 10.1. The molecular weight excluding hydrogens is 456 g/mol. The van der Waals surface area contributed by atoms with Crippen LogP contribution >= 0.6 is 22.9 Å². The van der Waals surface area contributed by atoms with E-state index in [1.165, 1.54) is 12.3 Å². The van der Waals surface area contributed by atoms with Crippen molar-refractivity contribution in [2.24, 2.45) is 5.73 Å². The monoisotopic (exact) mass is 474 g/mol. The summed E-state index contributed by atoms with van der Waals surface area (Å²) < 4.78 is 11.0. The molecule has 0 bridgehead atoms. The molecule has 2 aromatic heterocycles. The van der Waals surface area contributed by atoms with Crippen LogP contribution in [0, 0.1) is 0 Å². The lowest BCUT2D eigenvalue weighted by molar-refractivity contribution is 0.0990. The third-order valence-electron chi connectivity index (χ3n) is 4.63. The van der Waals surface area contributed by atoms with Gasteiger partial charge in [0.1, 0.15) is 12.3 Å². The Hall–Kier alpha value is -3.28. The van der Waals surface area contributed by atoms with Crippen LogP contribution in [0.15, 0.2) is 36.5 Å². The Kier molecular flexibility index (Phi) is 6.78. The van der Waals surface area contributed by atoms with E-state index in [0.29, 0.717) is 48.8 Å². The Bertz CT molecular complexity index is 1120. The van der Waals surface area contributed by atoms with Crippen LogP contribution in [0.3, 0.4) is 0 Å². The number of nitrogens with zero attached hydrogens (tertiary/aromatic N) is 4. The van der Waals surface area contributed by atoms with Gasteiger partial charge in [0.15, 0.2) is 0 Å². The van der Waals surface area contributed by atoms with E-state index in [9.17, 15) is 9.59 Å². The smallest absolute Gasteiger partial charge is 0.296 e. The number of anilines is 2. The third-order valence-corrected chi connectivity index (χ3v) is 5.64. The van der Waals surface area contributed by atoms with Crippen LogP contribution in [0.1, 0.15) is 26.4 Å². The zero-order valence-corrected chi connectivity index (χ0v) is 18.4. The van der Waals surface area contributed by atoms with Gasteiger partial charge >= 0.3 is 0 Å². The van der Waals surface area contributed by atoms with E-state index >= 15 is 0 Å². The first-order valence-corrected chi connectivity index (χ1v) is 10.8. The maximum Gasteiger partial charge on any atom is 0.296 e. The molecule has 2 amide bonds. The maximum absolute atomic E-state index is 12.9. The van der Waals surface area contributed by atoms with Crippen LogP contribution in [-0.2, 0) is 11.3 Å². The minimum atomic E-state index is -0.668. The second-order valence-corrected chi connectivity index (χ2v) is 8.17. The number of morpholine rings is 1. The van der Waals surface area contributed by atoms with Crippen molar-refractivity contribution in [3.05, 3.63) is 58.4 Å². The molecule has 0 aliphatic carbocycles. The first-order valence-electron chi connectivity index (χ1n) is 9.64. The molecule has 0 atom stereocenters. The van der Waals surface area contributed by atoms with Gasteiger partial charge < -0.3 is 20.1 Å². The average molecular weight is 475 g/mol. The van der Waals surface area contributed by atoms with Crippen molar-refractivity contribution < 1.29 is 19.1 Å². The number of primary amides is 1. The number of ether oxygens (including phenoxy) is 2. The fraction of sp³-hybridized carbons (Fsp3) is 0.250. The van der Waals surface area contributed by atoms with Crippen molar-refractivity contribution in [3.63, 3.8) is 0 Å². The summed E-state index contributed by atoms with van der Waals surface area (Å²) in [6.45, 7) is 2.47.